The average Bonchev–Trinajstić information content (AvgIpc) is 2.16. The molecule has 6 heteroatoms. The average molecular weight is 304 g/mol. The van der Waals surface area contributed by atoms with Gasteiger partial charge in [0.1, 0.15) is 6.10 Å². The Labute approximate surface area is 98.0 Å². The lowest BCUT2D eigenvalue weighted by Gasteiger charge is -2.28. The summed E-state index contributed by atoms with van der Waals surface area (Å²) in [6.07, 6.45) is -6.61. The van der Waals surface area contributed by atoms with Crippen LogP contribution in [0.25, 0.3) is 0 Å². The smallest absolute Gasteiger partial charge is 0.385 e. The molecule has 0 aliphatic carbocycles. The number of hydrogen-bond donors (Lipinski definition) is 1. The maximum Gasteiger partial charge on any atom is 0.420 e. The van der Waals surface area contributed by atoms with Crippen LogP contribution in [0.2, 0.25) is 0 Å². The molecule has 1 aromatic carbocycles. The van der Waals surface area contributed by atoms with Crippen molar-refractivity contribution in [2.24, 2.45) is 0 Å². The first-order valence-corrected chi connectivity index (χ1v) is 5.11. The lowest BCUT2D eigenvalue weighted by atomic mass is 10.1. The summed E-state index contributed by atoms with van der Waals surface area (Å²) in [6.45, 7) is 0. The minimum absolute atomic E-state index is 0.0988. The minimum atomic E-state index is -4.75. The topological polar surface area (TPSA) is 20.2 Å². The Morgan fingerprint density at radius 3 is 2.07 bits per heavy atom. The van der Waals surface area contributed by atoms with Crippen LogP contribution < -0.4 is 0 Å². The third kappa shape index (κ3) is 2.65. The minimum Gasteiger partial charge on any atom is -0.385 e. The van der Waals surface area contributed by atoms with Gasteiger partial charge in [-0.3, -0.25) is 0 Å². The number of halogens is 5. The molecule has 0 aliphatic heterocycles. The first-order valence-electron chi connectivity index (χ1n) is 3.94. The molecule has 2 atom stereocenters. The van der Waals surface area contributed by atoms with E-state index in [4.69, 9.17) is 11.6 Å². The molecule has 0 aromatic heterocycles. The predicted octanol–water partition coefficient (Wildman–Crippen LogP) is 3.61. The molecule has 15 heavy (non-hydrogen) atoms. The van der Waals surface area contributed by atoms with Gasteiger partial charge in [0.05, 0.1) is 0 Å². The molecule has 0 saturated carbocycles. The molecule has 0 amide bonds. The molecule has 0 radical (unpaired) electrons. The Hall–Kier alpha value is -0.260. The summed E-state index contributed by atoms with van der Waals surface area (Å²) >= 11 is 7.53. The van der Waals surface area contributed by atoms with E-state index in [1.807, 2.05) is 0 Å². The first kappa shape index (κ1) is 12.8. The fraction of sp³-hybridized carbons (Fsp3) is 0.333. The van der Waals surface area contributed by atoms with Gasteiger partial charge in [-0.25, -0.2) is 0 Å². The van der Waals surface area contributed by atoms with Gasteiger partial charge in [-0.2, -0.15) is 13.2 Å². The molecular weight excluding hydrogens is 296 g/mol. The van der Waals surface area contributed by atoms with Crippen LogP contribution in [0, 0.1) is 0 Å². The second kappa shape index (κ2) is 4.31. The summed E-state index contributed by atoms with van der Waals surface area (Å²) in [7, 11) is 0. The van der Waals surface area contributed by atoms with Crippen molar-refractivity contribution in [1.82, 2.24) is 0 Å². The molecule has 1 rings (SSSR count). The van der Waals surface area contributed by atoms with Crippen molar-refractivity contribution < 1.29 is 18.3 Å². The number of aliphatic hydroxyl groups is 1. The molecule has 0 fully saturated rings. The van der Waals surface area contributed by atoms with Crippen LogP contribution in [0.15, 0.2) is 30.3 Å². The standard InChI is InChI=1S/C9H7BrClF3O/c10-8(11,9(12,13)14)7(15)6-4-2-1-3-5-6/h1-5,7,15H. The molecule has 1 N–H and O–H groups in total. The highest BCUT2D eigenvalue weighted by molar-refractivity contribution is 9.10. The molecule has 0 spiro atoms. The van der Waals surface area contributed by atoms with E-state index >= 15 is 0 Å². The zero-order chi connectivity index (χ0) is 11.7. The number of benzene rings is 1. The van der Waals surface area contributed by atoms with E-state index in [1.165, 1.54) is 24.3 Å². The van der Waals surface area contributed by atoms with Crippen molar-refractivity contribution in [3.63, 3.8) is 0 Å². The Morgan fingerprint density at radius 2 is 1.67 bits per heavy atom. The maximum atomic E-state index is 12.4. The molecule has 0 aliphatic rings. The van der Waals surface area contributed by atoms with Gasteiger partial charge in [0.25, 0.3) is 0 Å². The normalized spacial score (nSPS) is 18.3. The summed E-state index contributed by atoms with van der Waals surface area (Å²) in [6, 6.07) is 7.42. The Morgan fingerprint density at radius 1 is 1.20 bits per heavy atom. The zero-order valence-corrected chi connectivity index (χ0v) is 9.64. The van der Waals surface area contributed by atoms with Crippen LogP contribution in [0.1, 0.15) is 11.7 Å². The predicted molar refractivity (Wildman–Crippen MR) is 55.0 cm³/mol. The van der Waals surface area contributed by atoms with E-state index in [0.29, 0.717) is 0 Å². The molecule has 0 bridgehead atoms. The van der Waals surface area contributed by atoms with E-state index in [9.17, 15) is 18.3 Å². The number of hydrogen-bond acceptors (Lipinski definition) is 1. The van der Waals surface area contributed by atoms with Crippen molar-refractivity contribution >= 4 is 27.5 Å². The van der Waals surface area contributed by atoms with Gasteiger partial charge in [-0.05, 0) is 5.56 Å². The highest BCUT2D eigenvalue weighted by Gasteiger charge is 2.57. The molecule has 0 heterocycles. The largest absolute Gasteiger partial charge is 0.420 e. The summed E-state index contributed by atoms with van der Waals surface area (Å²) in [5.74, 6) is 0. The van der Waals surface area contributed by atoms with E-state index in [0.717, 1.165) is 0 Å². The van der Waals surface area contributed by atoms with Gasteiger partial charge in [0.15, 0.2) is 0 Å². The first-order chi connectivity index (χ1) is 6.77. The summed E-state index contributed by atoms with van der Waals surface area (Å²) in [5, 5.41) is 9.49. The highest BCUT2D eigenvalue weighted by atomic mass is 79.9. The van der Waals surface area contributed by atoms with E-state index in [-0.39, 0.29) is 5.56 Å². The van der Waals surface area contributed by atoms with Gasteiger partial charge < -0.3 is 5.11 Å². The fourth-order valence-corrected chi connectivity index (χ4v) is 1.39. The van der Waals surface area contributed by atoms with Crippen LogP contribution in [-0.4, -0.2) is 15.1 Å². The highest BCUT2D eigenvalue weighted by Crippen LogP contribution is 2.49. The maximum absolute atomic E-state index is 12.4. The summed E-state index contributed by atoms with van der Waals surface area (Å²) in [4.78, 5) is 0. The second-order valence-corrected chi connectivity index (χ2v) is 5.24. The van der Waals surface area contributed by atoms with Crippen LogP contribution >= 0.6 is 27.5 Å². The van der Waals surface area contributed by atoms with Crippen molar-refractivity contribution in [2.75, 3.05) is 0 Å². The quantitative estimate of drug-likeness (QED) is 0.828. The van der Waals surface area contributed by atoms with Crippen LogP contribution in [0.5, 0.6) is 0 Å². The van der Waals surface area contributed by atoms with Gasteiger partial charge in [0, 0.05) is 0 Å². The number of alkyl halides is 5. The van der Waals surface area contributed by atoms with E-state index in [1.54, 1.807) is 6.07 Å². The summed E-state index contributed by atoms with van der Waals surface area (Å²) < 4.78 is 34.4. The third-order valence-corrected chi connectivity index (χ3v) is 3.14. The lowest BCUT2D eigenvalue weighted by Crippen LogP contribution is -2.39. The lowest BCUT2D eigenvalue weighted by molar-refractivity contribution is -0.158. The fourth-order valence-electron chi connectivity index (χ4n) is 1.000. The van der Waals surface area contributed by atoms with Gasteiger partial charge in [0.2, 0.25) is 3.78 Å². The SMILES string of the molecule is OC(c1ccccc1)C(Cl)(Br)C(F)(F)F. The van der Waals surface area contributed by atoms with Crippen LogP contribution in [0.3, 0.4) is 0 Å². The molecule has 1 nitrogen and oxygen atoms in total. The van der Waals surface area contributed by atoms with E-state index in [2.05, 4.69) is 15.9 Å². The van der Waals surface area contributed by atoms with Gasteiger partial charge in [-0.1, -0.05) is 57.9 Å². The monoisotopic (exact) mass is 302 g/mol. The van der Waals surface area contributed by atoms with Crippen molar-refractivity contribution in [3.8, 4) is 0 Å². The molecular formula is C9H7BrClF3O. The van der Waals surface area contributed by atoms with Gasteiger partial charge >= 0.3 is 6.18 Å². The van der Waals surface area contributed by atoms with Crippen molar-refractivity contribution in [2.45, 2.75) is 16.1 Å². The molecule has 1 aromatic rings. The Balaban J connectivity index is 3.00. The molecule has 84 valence electrons. The third-order valence-electron chi connectivity index (χ3n) is 1.84. The number of rotatable bonds is 2. The summed E-state index contributed by atoms with van der Waals surface area (Å²) in [5.41, 5.74) is 0.0988. The van der Waals surface area contributed by atoms with Crippen LogP contribution in [0.4, 0.5) is 13.2 Å². The Kier molecular flexibility index (Phi) is 3.68. The van der Waals surface area contributed by atoms with Crippen LogP contribution in [-0.2, 0) is 0 Å². The second-order valence-electron chi connectivity index (χ2n) is 2.93. The zero-order valence-electron chi connectivity index (χ0n) is 7.30. The molecule has 0 saturated heterocycles. The molecule has 2 unspecified atom stereocenters. The van der Waals surface area contributed by atoms with Crippen molar-refractivity contribution in [1.29, 1.82) is 0 Å². The van der Waals surface area contributed by atoms with E-state index < -0.39 is 16.1 Å². The number of aliphatic hydroxyl groups excluding tert-OH is 1. The Bertz CT molecular complexity index is 326. The van der Waals surface area contributed by atoms with Gasteiger partial charge in [-0.15, -0.1) is 0 Å². The van der Waals surface area contributed by atoms with Crippen molar-refractivity contribution in [3.05, 3.63) is 35.9 Å².